The number of thiocarbonyl (C=S) groups is 2. The summed E-state index contributed by atoms with van der Waals surface area (Å²) in [6, 6.07) is 26.3. The smallest absolute Gasteiger partial charge is 0.118 e. The van der Waals surface area contributed by atoms with Crippen LogP contribution in [0.25, 0.3) is 32.9 Å². The molecule has 5 heteroatoms. The minimum atomic E-state index is -1.86. The second-order valence-corrected chi connectivity index (χ2v) is 15.5. The number of aromatic nitrogens is 1. The van der Waals surface area contributed by atoms with Crippen LogP contribution in [0.15, 0.2) is 78.4 Å². The summed E-state index contributed by atoms with van der Waals surface area (Å²) in [4.78, 5) is 2.97. The predicted octanol–water partition coefficient (Wildman–Crippen LogP) is 6.51. The van der Waals surface area contributed by atoms with E-state index < -0.39 is 8.07 Å². The van der Waals surface area contributed by atoms with E-state index in [9.17, 15) is 0 Å². The van der Waals surface area contributed by atoms with Crippen molar-refractivity contribution in [2.75, 3.05) is 0 Å². The van der Waals surface area contributed by atoms with Crippen LogP contribution in [-0.4, -0.2) is 22.4 Å². The lowest BCUT2D eigenvalue weighted by atomic mass is 10.1. The molecule has 0 bridgehead atoms. The second-order valence-electron chi connectivity index (χ2n) is 9.31. The molecule has 33 heavy (non-hydrogen) atoms. The lowest BCUT2D eigenvalue weighted by Crippen LogP contribution is -2.56. The molecule has 0 amide bonds. The van der Waals surface area contributed by atoms with E-state index in [1.807, 2.05) is 23.5 Å². The molecule has 3 aromatic carbocycles. The van der Waals surface area contributed by atoms with Crippen LogP contribution in [0.5, 0.6) is 0 Å². The van der Waals surface area contributed by atoms with Crippen molar-refractivity contribution < 1.29 is 0 Å². The van der Waals surface area contributed by atoms with Gasteiger partial charge < -0.3 is 4.57 Å². The van der Waals surface area contributed by atoms with Gasteiger partial charge >= 0.3 is 0 Å². The molecule has 1 aliphatic heterocycles. The number of nitrogens with zero attached hydrogens (tertiary/aromatic N) is 1. The zero-order valence-electron chi connectivity index (χ0n) is 18.2. The van der Waals surface area contributed by atoms with Gasteiger partial charge in [-0.05, 0) is 28.6 Å². The number of hydrogen-bond acceptors (Lipinski definition) is 3. The van der Waals surface area contributed by atoms with E-state index >= 15 is 0 Å². The lowest BCUT2D eigenvalue weighted by Gasteiger charge is -2.30. The van der Waals surface area contributed by atoms with E-state index in [2.05, 4.69) is 84.4 Å². The van der Waals surface area contributed by atoms with E-state index in [0.29, 0.717) is 0 Å². The van der Waals surface area contributed by atoms with Crippen LogP contribution in [0, 0.1) is 0 Å². The van der Waals surface area contributed by atoms with Crippen molar-refractivity contribution in [1.29, 1.82) is 0 Å². The van der Waals surface area contributed by atoms with Crippen molar-refractivity contribution in [3.63, 3.8) is 0 Å². The van der Waals surface area contributed by atoms with Gasteiger partial charge in [0, 0.05) is 32.3 Å². The van der Waals surface area contributed by atoms with Gasteiger partial charge in [0.05, 0.1) is 20.8 Å². The zero-order valence-corrected chi connectivity index (χ0v) is 21.6. The number of thiophene rings is 1. The SMILES string of the molecule is C[Si]1(C)c2cc(C=C3C(=S)c4ccccc4C3=S)sc2-n2c3ccccc3c3cccc1c32. The molecule has 1 aliphatic carbocycles. The minimum Gasteiger partial charge on any atom is -0.301 e. The topological polar surface area (TPSA) is 4.93 Å². The van der Waals surface area contributed by atoms with E-state index in [-0.39, 0.29) is 0 Å². The summed E-state index contributed by atoms with van der Waals surface area (Å²) in [5, 5.41) is 7.05. The highest BCUT2D eigenvalue weighted by Gasteiger charge is 2.38. The van der Waals surface area contributed by atoms with E-state index in [4.69, 9.17) is 24.4 Å². The van der Waals surface area contributed by atoms with Gasteiger partial charge in [0.1, 0.15) is 13.1 Å². The standard InChI is InChI=1S/C28H19NS3Si/c1-33(2)23-13-7-11-18-17-8-5-6-12-22(17)29(25(18)23)28-24(33)15-16(32-28)14-21-26(30)19-9-3-4-10-20(19)27(21)31/h3-15H,1-2H3. The van der Waals surface area contributed by atoms with Gasteiger partial charge in [-0.15, -0.1) is 11.3 Å². The van der Waals surface area contributed by atoms with Gasteiger partial charge in [-0.1, -0.05) is 98.2 Å². The number of fused-ring (bicyclic) bond motifs is 6. The molecule has 0 unspecified atom stereocenters. The molecule has 0 atom stereocenters. The Bertz CT molecular complexity index is 1690. The third-order valence-electron chi connectivity index (χ3n) is 7.17. The first-order valence-corrected chi connectivity index (χ1v) is 15.7. The lowest BCUT2D eigenvalue weighted by molar-refractivity contribution is 1.23. The first-order valence-electron chi connectivity index (χ1n) is 11.0. The number of hydrogen-bond donors (Lipinski definition) is 0. The third kappa shape index (κ3) is 2.51. The molecule has 2 aromatic heterocycles. The number of rotatable bonds is 1. The molecule has 7 rings (SSSR count). The van der Waals surface area contributed by atoms with E-state index in [1.165, 1.54) is 42.1 Å². The average molecular weight is 494 g/mol. The molecule has 0 N–H and O–H groups in total. The first-order chi connectivity index (χ1) is 16.0. The van der Waals surface area contributed by atoms with Crippen molar-refractivity contribution in [3.05, 3.63) is 94.4 Å². The third-order valence-corrected chi connectivity index (χ3v) is 12.8. The average Bonchev–Trinajstić information content (AvgIpc) is 3.47. The number of allylic oxidation sites excluding steroid dienone is 1. The van der Waals surface area contributed by atoms with Gasteiger partial charge in [0.15, 0.2) is 0 Å². The summed E-state index contributed by atoms with van der Waals surface area (Å²) in [7, 11) is -1.86. The second kappa shape index (κ2) is 6.67. The van der Waals surface area contributed by atoms with Gasteiger partial charge in [-0.3, -0.25) is 0 Å². The summed E-state index contributed by atoms with van der Waals surface area (Å²) in [5.41, 5.74) is 5.86. The number of benzene rings is 3. The Kier molecular flexibility index (Phi) is 3.99. The first kappa shape index (κ1) is 19.7. The van der Waals surface area contributed by atoms with Gasteiger partial charge in [0.25, 0.3) is 0 Å². The molecular weight excluding hydrogens is 475 g/mol. The largest absolute Gasteiger partial charge is 0.301 e. The van der Waals surface area contributed by atoms with Crippen molar-refractivity contribution >= 4 is 91.8 Å². The van der Waals surface area contributed by atoms with Crippen LogP contribution in [0.2, 0.25) is 13.1 Å². The van der Waals surface area contributed by atoms with Gasteiger partial charge in [-0.25, -0.2) is 0 Å². The summed E-state index contributed by atoms with van der Waals surface area (Å²) in [5.74, 6) is 0. The van der Waals surface area contributed by atoms with Crippen molar-refractivity contribution in [2.24, 2.45) is 0 Å². The van der Waals surface area contributed by atoms with Crippen LogP contribution in [0.3, 0.4) is 0 Å². The molecule has 0 saturated heterocycles. The minimum absolute atomic E-state index is 0.871. The number of para-hydroxylation sites is 2. The molecule has 158 valence electrons. The highest BCUT2D eigenvalue weighted by Crippen LogP contribution is 2.39. The fourth-order valence-electron chi connectivity index (χ4n) is 5.51. The molecule has 0 radical (unpaired) electrons. The summed E-state index contributed by atoms with van der Waals surface area (Å²) < 4.78 is 2.50. The predicted molar refractivity (Wildman–Crippen MR) is 153 cm³/mol. The summed E-state index contributed by atoms with van der Waals surface area (Å²) in [6.45, 7) is 4.96. The van der Waals surface area contributed by atoms with Crippen LogP contribution < -0.4 is 10.4 Å². The maximum Gasteiger partial charge on any atom is 0.118 e. The molecule has 2 aliphatic rings. The maximum absolute atomic E-state index is 5.84. The van der Waals surface area contributed by atoms with Crippen LogP contribution in [0.1, 0.15) is 16.0 Å². The monoisotopic (exact) mass is 493 g/mol. The molecule has 3 heterocycles. The van der Waals surface area contributed by atoms with Crippen LogP contribution in [0.4, 0.5) is 0 Å². The highest BCUT2D eigenvalue weighted by atomic mass is 32.1. The fraction of sp³-hybridized carbons (Fsp3) is 0.0714. The van der Waals surface area contributed by atoms with E-state index in [0.717, 1.165) is 26.4 Å². The Hall–Kier alpha value is -2.70. The van der Waals surface area contributed by atoms with E-state index in [1.54, 1.807) is 0 Å². The van der Waals surface area contributed by atoms with Gasteiger partial charge in [-0.2, -0.15) is 0 Å². The highest BCUT2D eigenvalue weighted by molar-refractivity contribution is 7.84. The summed E-state index contributed by atoms with van der Waals surface area (Å²) >= 11 is 13.5. The molecule has 0 saturated carbocycles. The van der Waals surface area contributed by atoms with Crippen molar-refractivity contribution in [3.8, 4) is 5.00 Å². The maximum atomic E-state index is 5.84. The van der Waals surface area contributed by atoms with Crippen LogP contribution in [-0.2, 0) is 0 Å². The fourth-order valence-corrected chi connectivity index (χ4v) is 11.1. The molecule has 5 aromatic rings. The van der Waals surface area contributed by atoms with Crippen molar-refractivity contribution in [1.82, 2.24) is 4.57 Å². The molecule has 0 fully saturated rings. The Morgan fingerprint density at radius 1 is 0.788 bits per heavy atom. The van der Waals surface area contributed by atoms with Gasteiger partial charge in [0.2, 0.25) is 0 Å². The Balaban J connectivity index is 1.49. The Labute approximate surface area is 208 Å². The van der Waals surface area contributed by atoms with Crippen LogP contribution >= 0.6 is 35.8 Å². The Morgan fingerprint density at radius 3 is 2.21 bits per heavy atom. The molecular formula is C28H19NS3Si. The van der Waals surface area contributed by atoms with Crippen molar-refractivity contribution in [2.45, 2.75) is 13.1 Å². The zero-order chi connectivity index (χ0) is 22.5. The quantitative estimate of drug-likeness (QED) is 0.149. The normalized spacial score (nSPS) is 15.9. The Morgan fingerprint density at radius 2 is 1.45 bits per heavy atom. The molecule has 0 spiro atoms. The summed E-state index contributed by atoms with van der Waals surface area (Å²) in [6.07, 6.45) is 2.23. The molecule has 1 nitrogen and oxygen atoms in total.